The second-order valence-electron chi connectivity index (χ2n) is 7.56. The third kappa shape index (κ3) is 5.27. The Morgan fingerprint density at radius 1 is 1.40 bits per heavy atom. The third-order valence-corrected chi connectivity index (χ3v) is 5.43. The maximum atomic E-state index is 12.4. The van der Waals surface area contributed by atoms with E-state index in [1.54, 1.807) is 13.1 Å². The van der Waals surface area contributed by atoms with Gasteiger partial charge in [0.15, 0.2) is 0 Å². The molecule has 0 aromatic carbocycles. The minimum Gasteiger partial charge on any atom is -0.337 e. The molecule has 2 N–H and O–H groups in total. The van der Waals surface area contributed by atoms with Gasteiger partial charge in [-0.3, -0.25) is 9.78 Å². The van der Waals surface area contributed by atoms with E-state index in [2.05, 4.69) is 27.8 Å². The number of aromatic nitrogens is 1. The van der Waals surface area contributed by atoms with Gasteiger partial charge in [-0.2, -0.15) is 5.26 Å². The maximum Gasteiger partial charge on any atom is 0.235 e. The summed E-state index contributed by atoms with van der Waals surface area (Å²) in [6.07, 6.45) is 9.80. The number of hydrogen-bond donors (Lipinski definition) is 2. The highest BCUT2D eigenvalue weighted by Crippen LogP contribution is 2.34. The lowest BCUT2D eigenvalue weighted by Gasteiger charge is -2.32. The predicted octanol–water partition coefficient (Wildman–Crippen LogP) is 3.35. The molecular formula is C20H30N4O. The third-order valence-electron chi connectivity index (χ3n) is 5.43. The lowest BCUT2D eigenvalue weighted by atomic mass is 9.81. The lowest BCUT2D eigenvalue weighted by Crippen LogP contribution is -2.51. The van der Waals surface area contributed by atoms with E-state index in [1.165, 1.54) is 32.1 Å². The minimum absolute atomic E-state index is 0.0499. The van der Waals surface area contributed by atoms with Crippen LogP contribution in [0.1, 0.15) is 64.5 Å². The molecule has 1 aliphatic carbocycles. The molecule has 5 heteroatoms. The number of carbonyl (C=O) groups is 1. The second kappa shape index (κ2) is 8.96. The number of nitrogens with zero attached hydrogens (tertiary/aromatic N) is 2. The highest BCUT2D eigenvalue weighted by atomic mass is 16.2. The molecule has 0 bridgehead atoms. The van der Waals surface area contributed by atoms with E-state index in [-0.39, 0.29) is 24.4 Å². The fourth-order valence-electron chi connectivity index (χ4n) is 3.42. The van der Waals surface area contributed by atoms with Gasteiger partial charge in [-0.1, -0.05) is 39.2 Å². The summed E-state index contributed by atoms with van der Waals surface area (Å²) in [5.41, 5.74) is 0.294. The summed E-state index contributed by atoms with van der Waals surface area (Å²) in [7, 11) is 0. The Kier molecular flexibility index (Phi) is 6.95. The Morgan fingerprint density at radius 3 is 2.68 bits per heavy atom. The van der Waals surface area contributed by atoms with Gasteiger partial charge in [0.1, 0.15) is 5.54 Å². The highest BCUT2D eigenvalue weighted by Gasteiger charge is 2.31. The van der Waals surface area contributed by atoms with Crippen molar-refractivity contribution in [2.75, 3.05) is 6.54 Å². The smallest absolute Gasteiger partial charge is 0.235 e. The molecule has 5 nitrogen and oxygen atoms in total. The first-order valence-corrected chi connectivity index (χ1v) is 9.32. The molecule has 1 amide bonds. The van der Waals surface area contributed by atoms with E-state index in [1.807, 2.05) is 26.1 Å². The van der Waals surface area contributed by atoms with Crippen LogP contribution in [0.2, 0.25) is 0 Å². The van der Waals surface area contributed by atoms with Crippen LogP contribution in [-0.4, -0.2) is 23.0 Å². The molecule has 1 aliphatic rings. The van der Waals surface area contributed by atoms with Crippen LogP contribution < -0.4 is 10.6 Å². The largest absolute Gasteiger partial charge is 0.337 e. The first-order chi connectivity index (χ1) is 12.0. The molecule has 0 unspecified atom stereocenters. The van der Waals surface area contributed by atoms with Gasteiger partial charge in [0.05, 0.1) is 12.6 Å². The fraction of sp³-hybridized carbons (Fsp3) is 0.650. The number of hydrogen-bond acceptors (Lipinski definition) is 4. The molecular weight excluding hydrogens is 312 g/mol. The molecule has 1 fully saturated rings. The zero-order valence-corrected chi connectivity index (χ0v) is 15.6. The van der Waals surface area contributed by atoms with Gasteiger partial charge in [0, 0.05) is 18.4 Å². The summed E-state index contributed by atoms with van der Waals surface area (Å²) in [6, 6.07) is 6.37. The van der Waals surface area contributed by atoms with E-state index in [9.17, 15) is 10.1 Å². The first kappa shape index (κ1) is 19.4. The molecule has 0 aliphatic heterocycles. The molecule has 1 aromatic heterocycles. The Labute approximate surface area is 151 Å². The SMILES string of the molecule is CC(C)[C@@](C)(C#N)NC(=O)CN[C@@H](c1cccnc1)C1CCCCC1. The van der Waals surface area contributed by atoms with Gasteiger partial charge in [-0.15, -0.1) is 0 Å². The summed E-state index contributed by atoms with van der Waals surface area (Å²) < 4.78 is 0. The van der Waals surface area contributed by atoms with Crippen LogP contribution in [0, 0.1) is 23.2 Å². The zero-order chi connectivity index (χ0) is 18.3. The van der Waals surface area contributed by atoms with Crippen LogP contribution >= 0.6 is 0 Å². The molecule has 2 atom stereocenters. The van der Waals surface area contributed by atoms with Gasteiger partial charge in [0.25, 0.3) is 0 Å². The molecule has 25 heavy (non-hydrogen) atoms. The highest BCUT2D eigenvalue weighted by molar-refractivity contribution is 5.79. The van der Waals surface area contributed by atoms with Gasteiger partial charge in [0.2, 0.25) is 5.91 Å². The normalized spacial score (nSPS) is 19.0. The number of pyridine rings is 1. The molecule has 1 heterocycles. The molecule has 1 saturated carbocycles. The van der Waals surface area contributed by atoms with Gasteiger partial charge in [-0.05, 0) is 43.2 Å². The lowest BCUT2D eigenvalue weighted by molar-refractivity contribution is -0.122. The van der Waals surface area contributed by atoms with Crippen molar-refractivity contribution in [3.05, 3.63) is 30.1 Å². The average Bonchev–Trinajstić information content (AvgIpc) is 2.63. The molecule has 136 valence electrons. The minimum atomic E-state index is -0.840. The van der Waals surface area contributed by atoms with Gasteiger partial charge in [-0.25, -0.2) is 0 Å². The molecule has 0 radical (unpaired) electrons. The van der Waals surface area contributed by atoms with Gasteiger partial charge >= 0.3 is 0 Å². The van der Waals surface area contributed by atoms with Crippen molar-refractivity contribution >= 4 is 5.91 Å². The van der Waals surface area contributed by atoms with E-state index in [0.29, 0.717) is 5.92 Å². The maximum absolute atomic E-state index is 12.4. The van der Waals surface area contributed by atoms with Crippen LogP contribution in [0.25, 0.3) is 0 Å². The van der Waals surface area contributed by atoms with Gasteiger partial charge < -0.3 is 10.6 Å². The number of amides is 1. The van der Waals surface area contributed by atoms with E-state index < -0.39 is 5.54 Å². The van der Waals surface area contributed by atoms with E-state index in [0.717, 1.165) is 5.56 Å². The molecule has 0 saturated heterocycles. The Bertz CT molecular complexity index is 589. The number of rotatable bonds is 7. The van der Waals surface area contributed by atoms with Crippen molar-refractivity contribution in [1.82, 2.24) is 15.6 Å². The van der Waals surface area contributed by atoms with Crippen LogP contribution in [0.3, 0.4) is 0 Å². The first-order valence-electron chi connectivity index (χ1n) is 9.32. The molecule has 2 rings (SSSR count). The van der Waals surface area contributed by atoms with E-state index >= 15 is 0 Å². The Morgan fingerprint density at radius 2 is 2.12 bits per heavy atom. The van der Waals surface area contributed by atoms with Crippen LogP contribution in [-0.2, 0) is 4.79 Å². The Balaban J connectivity index is 2.02. The average molecular weight is 342 g/mol. The van der Waals surface area contributed by atoms with Crippen molar-refractivity contribution < 1.29 is 4.79 Å². The standard InChI is InChI=1S/C20H30N4O/c1-15(2)20(3,14-21)24-18(25)13-23-19(16-8-5-4-6-9-16)17-10-7-11-22-12-17/h7,10-12,15-16,19,23H,4-6,8-9,13H2,1-3H3,(H,24,25)/t19-,20-/m1/s1. The summed E-state index contributed by atoms with van der Waals surface area (Å²) in [4.78, 5) is 16.6. The van der Waals surface area contributed by atoms with Crippen molar-refractivity contribution in [2.24, 2.45) is 11.8 Å². The summed E-state index contributed by atoms with van der Waals surface area (Å²) in [5.74, 6) is 0.439. The fourth-order valence-corrected chi connectivity index (χ4v) is 3.42. The monoisotopic (exact) mass is 342 g/mol. The summed E-state index contributed by atoms with van der Waals surface area (Å²) in [5, 5.41) is 15.7. The predicted molar refractivity (Wildman–Crippen MR) is 98.6 cm³/mol. The van der Waals surface area contributed by atoms with Crippen LogP contribution in [0.4, 0.5) is 0 Å². The Hall–Kier alpha value is -1.93. The summed E-state index contributed by atoms with van der Waals surface area (Å²) in [6.45, 7) is 5.87. The number of carbonyl (C=O) groups excluding carboxylic acids is 1. The quantitative estimate of drug-likeness (QED) is 0.796. The van der Waals surface area contributed by atoms with E-state index in [4.69, 9.17) is 0 Å². The molecule has 1 aromatic rings. The summed E-state index contributed by atoms with van der Waals surface area (Å²) >= 11 is 0. The van der Waals surface area contributed by atoms with Crippen molar-refractivity contribution in [2.45, 2.75) is 64.5 Å². The number of nitriles is 1. The van der Waals surface area contributed by atoms with Crippen molar-refractivity contribution in [1.29, 1.82) is 5.26 Å². The molecule has 0 spiro atoms. The topological polar surface area (TPSA) is 77.8 Å². The van der Waals surface area contributed by atoms with Crippen LogP contribution in [0.5, 0.6) is 0 Å². The number of nitrogens with one attached hydrogen (secondary N) is 2. The van der Waals surface area contributed by atoms with Crippen molar-refractivity contribution in [3.63, 3.8) is 0 Å². The second-order valence-corrected chi connectivity index (χ2v) is 7.56. The van der Waals surface area contributed by atoms with Crippen molar-refractivity contribution in [3.8, 4) is 6.07 Å². The zero-order valence-electron chi connectivity index (χ0n) is 15.6. The van der Waals surface area contributed by atoms with Crippen LogP contribution in [0.15, 0.2) is 24.5 Å².